The number of aliphatic imine (C=N–C) groups is 1. The summed E-state index contributed by atoms with van der Waals surface area (Å²) in [6.07, 6.45) is 7.49. The molecule has 0 radical (unpaired) electrons. The highest BCUT2D eigenvalue weighted by Gasteiger charge is 2.34. The van der Waals surface area contributed by atoms with Crippen LogP contribution in [-0.4, -0.2) is 23.0 Å². The second-order valence-electron chi connectivity index (χ2n) is 7.48. The van der Waals surface area contributed by atoms with Crippen molar-refractivity contribution in [2.24, 2.45) is 10.9 Å². The van der Waals surface area contributed by atoms with E-state index in [0.717, 1.165) is 42.0 Å². The normalized spacial score (nSPS) is 18.9. The quantitative estimate of drug-likeness (QED) is 0.659. The van der Waals surface area contributed by atoms with Gasteiger partial charge >= 0.3 is 0 Å². The molecule has 31 heavy (non-hydrogen) atoms. The maximum atomic E-state index is 12.0. The predicted molar refractivity (Wildman–Crippen MR) is 126 cm³/mol. The van der Waals surface area contributed by atoms with Gasteiger partial charge in [0.05, 0.1) is 0 Å². The summed E-state index contributed by atoms with van der Waals surface area (Å²) in [6.45, 7) is 4.79. The molecule has 3 N–H and O–H groups in total. The van der Waals surface area contributed by atoms with E-state index in [1.54, 1.807) is 0 Å². The summed E-state index contributed by atoms with van der Waals surface area (Å²) in [5.74, 6) is 1.06. The monoisotopic (exact) mass is 415 g/mol. The highest BCUT2D eigenvalue weighted by molar-refractivity contribution is 6.24. The molecule has 0 spiro atoms. The number of fused-ring (bicyclic) bond motifs is 1. The van der Waals surface area contributed by atoms with Crippen molar-refractivity contribution >= 4 is 23.0 Å². The molecule has 2 heterocycles. The molecule has 3 aliphatic rings. The lowest BCUT2D eigenvalue weighted by Gasteiger charge is -2.21. The number of carbonyl (C=O) groups excluding carboxylic acids is 1. The van der Waals surface area contributed by atoms with Gasteiger partial charge < -0.3 is 10.6 Å². The SMILES string of the molecule is CC.O=C(NC1N=C2C(c3ccc(NCc4ccccc4)cc3)=CC=CN2N1)C1CC1. The van der Waals surface area contributed by atoms with Gasteiger partial charge in [-0.15, -0.1) is 0 Å². The first-order valence-corrected chi connectivity index (χ1v) is 11.0. The molecule has 6 heteroatoms. The molecule has 2 aromatic carbocycles. The van der Waals surface area contributed by atoms with Gasteiger partial charge in [0.1, 0.15) is 0 Å². The molecular formula is C25H29N5O. The topological polar surface area (TPSA) is 68.8 Å². The third kappa shape index (κ3) is 5.03. The van der Waals surface area contributed by atoms with Crippen LogP contribution in [0.5, 0.6) is 0 Å². The fourth-order valence-corrected chi connectivity index (χ4v) is 3.47. The summed E-state index contributed by atoms with van der Waals surface area (Å²) in [6, 6.07) is 18.7. The van der Waals surface area contributed by atoms with Crippen LogP contribution in [0, 0.1) is 5.92 Å². The average molecular weight is 416 g/mol. The molecule has 6 nitrogen and oxygen atoms in total. The van der Waals surface area contributed by atoms with Crippen molar-refractivity contribution < 1.29 is 4.79 Å². The Labute approximate surface area is 183 Å². The highest BCUT2D eigenvalue weighted by Crippen LogP contribution is 2.30. The van der Waals surface area contributed by atoms with Crippen LogP contribution in [0.4, 0.5) is 5.69 Å². The molecule has 2 aliphatic heterocycles. The number of amides is 1. The fourth-order valence-electron chi connectivity index (χ4n) is 3.47. The molecule has 1 atom stereocenters. The number of nitrogens with one attached hydrogen (secondary N) is 3. The lowest BCUT2D eigenvalue weighted by atomic mass is 10.0. The first-order valence-electron chi connectivity index (χ1n) is 11.0. The van der Waals surface area contributed by atoms with E-state index >= 15 is 0 Å². The summed E-state index contributed by atoms with van der Waals surface area (Å²) in [4.78, 5) is 16.7. The number of anilines is 1. The van der Waals surface area contributed by atoms with Gasteiger partial charge in [0.25, 0.3) is 0 Å². The predicted octanol–water partition coefficient (Wildman–Crippen LogP) is 4.26. The number of carbonyl (C=O) groups is 1. The Hall–Kier alpha value is -3.38. The Bertz CT molecular complexity index is 990. The molecular weight excluding hydrogens is 386 g/mol. The summed E-state index contributed by atoms with van der Waals surface area (Å²) >= 11 is 0. The molecule has 2 aromatic rings. The van der Waals surface area contributed by atoms with Crippen LogP contribution in [0.3, 0.4) is 0 Å². The zero-order valence-corrected chi connectivity index (χ0v) is 18.0. The first-order chi connectivity index (χ1) is 15.3. The van der Waals surface area contributed by atoms with Crippen molar-refractivity contribution in [3.8, 4) is 0 Å². The van der Waals surface area contributed by atoms with Gasteiger partial charge in [-0.1, -0.05) is 56.3 Å². The second kappa shape index (κ2) is 9.62. The van der Waals surface area contributed by atoms with E-state index in [9.17, 15) is 4.79 Å². The molecule has 160 valence electrons. The van der Waals surface area contributed by atoms with Crippen molar-refractivity contribution in [3.05, 3.63) is 84.1 Å². The van der Waals surface area contributed by atoms with Gasteiger partial charge in [0.2, 0.25) is 5.91 Å². The van der Waals surface area contributed by atoms with Crippen molar-refractivity contribution in [1.82, 2.24) is 15.8 Å². The maximum Gasteiger partial charge on any atom is 0.225 e. The summed E-state index contributed by atoms with van der Waals surface area (Å²) in [5.41, 5.74) is 7.64. The summed E-state index contributed by atoms with van der Waals surface area (Å²) in [5, 5.41) is 8.28. The largest absolute Gasteiger partial charge is 0.381 e. The van der Waals surface area contributed by atoms with E-state index in [-0.39, 0.29) is 11.8 Å². The molecule has 1 aliphatic carbocycles. The van der Waals surface area contributed by atoms with Crippen LogP contribution in [0.15, 0.2) is 77.9 Å². The van der Waals surface area contributed by atoms with Crippen molar-refractivity contribution in [2.75, 3.05) is 5.32 Å². The Morgan fingerprint density at radius 1 is 1.10 bits per heavy atom. The molecule has 1 unspecified atom stereocenters. The van der Waals surface area contributed by atoms with Crippen molar-refractivity contribution in [1.29, 1.82) is 0 Å². The van der Waals surface area contributed by atoms with Crippen LogP contribution in [0.2, 0.25) is 0 Å². The minimum Gasteiger partial charge on any atom is -0.381 e. The molecule has 1 saturated carbocycles. The van der Waals surface area contributed by atoms with Crippen molar-refractivity contribution in [2.45, 2.75) is 39.5 Å². The van der Waals surface area contributed by atoms with E-state index in [1.807, 2.05) is 49.3 Å². The van der Waals surface area contributed by atoms with E-state index in [4.69, 9.17) is 0 Å². The third-order valence-electron chi connectivity index (χ3n) is 5.24. The summed E-state index contributed by atoms with van der Waals surface area (Å²) in [7, 11) is 0. The number of amidine groups is 1. The van der Waals surface area contributed by atoms with Gasteiger partial charge in [0.15, 0.2) is 12.1 Å². The number of hydrazine groups is 1. The fraction of sp³-hybridized carbons (Fsp3) is 0.280. The highest BCUT2D eigenvalue weighted by atomic mass is 16.2. The van der Waals surface area contributed by atoms with E-state index in [2.05, 4.69) is 63.5 Å². The zero-order valence-electron chi connectivity index (χ0n) is 18.0. The van der Waals surface area contributed by atoms with Gasteiger partial charge in [-0.05, 0) is 48.3 Å². The number of hydrogen-bond acceptors (Lipinski definition) is 5. The lowest BCUT2D eigenvalue weighted by Crippen LogP contribution is -2.46. The molecule has 5 rings (SSSR count). The minimum absolute atomic E-state index is 0.0787. The number of nitrogens with zero attached hydrogens (tertiary/aromatic N) is 2. The number of hydrogen-bond donors (Lipinski definition) is 3. The summed E-state index contributed by atoms with van der Waals surface area (Å²) < 4.78 is 0. The number of rotatable bonds is 6. The lowest BCUT2D eigenvalue weighted by molar-refractivity contribution is -0.123. The molecule has 0 saturated heterocycles. The van der Waals surface area contributed by atoms with Gasteiger partial charge in [-0.25, -0.2) is 4.99 Å². The van der Waals surface area contributed by atoms with Crippen molar-refractivity contribution in [3.63, 3.8) is 0 Å². The van der Waals surface area contributed by atoms with Gasteiger partial charge in [-0.2, -0.15) is 5.43 Å². The van der Waals surface area contributed by atoms with Gasteiger partial charge in [0, 0.05) is 29.9 Å². The smallest absolute Gasteiger partial charge is 0.225 e. The van der Waals surface area contributed by atoms with Crippen LogP contribution in [0.25, 0.3) is 5.57 Å². The zero-order chi connectivity index (χ0) is 21.6. The standard InChI is InChI=1S/C23H23N5O.C2H6/c29-22(18-8-9-18)26-23-25-21-20(7-4-14-28(21)27-23)17-10-12-19(13-11-17)24-15-16-5-2-1-3-6-16;1-2/h1-7,10-14,18,23-24,27H,8-9,15H2,(H,26,29);1-2H3. The molecule has 1 fully saturated rings. The maximum absolute atomic E-state index is 12.0. The average Bonchev–Trinajstić information content (AvgIpc) is 3.60. The molecule has 0 bridgehead atoms. The first kappa shape index (κ1) is 20.9. The Balaban J connectivity index is 0.00000112. The van der Waals surface area contributed by atoms with Crippen LogP contribution < -0.4 is 16.1 Å². The molecule has 0 aromatic heterocycles. The van der Waals surface area contributed by atoms with E-state index < -0.39 is 6.29 Å². The van der Waals surface area contributed by atoms with Crippen LogP contribution >= 0.6 is 0 Å². The molecule has 1 amide bonds. The van der Waals surface area contributed by atoms with E-state index in [0.29, 0.717) is 0 Å². The number of allylic oxidation sites excluding steroid dienone is 2. The Kier molecular flexibility index (Phi) is 6.48. The Morgan fingerprint density at radius 2 is 1.84 bits per heavy atom. The number of benzene rings is 2. The minimum atomic E-state index is -0.420. The second-order valence-corrected chi connectivity index (χ2v) is 7.48. The van der Waals surface area contributed by atoms with Crippen LogP contribution in [0.1, 0.15) is 37.8 Å². The van der Waals surface area contributed by atoms with E-state index in [1.165, 1.54) is 5.56 Å². The Morgan fingerprint density at radius 3 is 2.55 bits per heavy atom. The third-order valence-corrected chi connectivity index (χ3v) is 5.24. The van der Waals surface area contributed by atoms with Crippen LogP contribution in [-0.2, 0) is 11.3 Å². The van der Waals surface area contributed by atoms with Gasteiger partial charge in [-0.3, -0.25) is 9.80 Å².